The first-order valence-electron chi connectivity index (χ1n) is 6.01. The van der Waals surface area contributed by atoms with Gasteiger partial charge in [0.1, 0.15) is 0 Å². The van der Waals surface area contributed by atoms with Crippen LogP contribution in [0.4, 0.5) is 13.2 Å². The lowest BCUT2D eigenvalue weighted by molar-refractivity contribution is -0.137. The van der Waals surface area contributed by atoms with Gasteiger partial charge in [-0.05, 0) is 19.5 Å². The lowest BCUT2D eigenvalue weighted by Crippen LogP contribution is -2.35. The van der Waals surface area contributed by atoms with Gasteiger partial charge in [-0.1, -0.05) is 6.92 Å². The molecule has 0 fully saturated rings. The molecule has 0 aromatic carbocycles. The molecule has 0 amide bonds. The highest BCUT2D eigenvalue weighted by atomic mass is 32.2. The zero-order chi connectivity index (χ0) is 15.4. The molecule has 1 rings (SSSR count). The molecule has 1 unspecified atom stereocenters. The third-order valence-corrected chi connectivity index (χ3v) is 5.04. The van der Waals surface area contributed by atoms with Crippen molar-refractivity contribution in [3.05, 3.63) is 16.3 Å². The summed E-state index contributed by atoms with van der Waals surface area (Å²) in [7, 11) is -3.90. The molecule has 9 heteroatoms. The van der Waals surface area contributed by atoms with E-state index >= 15 is 0 Å². The van der Waals surface area contributed by atoms with Gasteiger partial charge in [0, 0.05) is 22.8 Å². The smallest absolute Gasteiger partial charge is 0.312 e. The van der Waals surface area contributed by atoms with Crippen LogP contribution in [0.1, 0.15) is 25.1 Å². The van der Waals surface area contributed by atoms with E-state index in [1.807, 2.05) is 11.6 Å². The molecule has 0 aliphatic heterocycles. The van der Waals surface area contributed by atoms with Gasteiger partial charge >= 0.3 is 6.18 Å². The molecule has 20 heavy (non-hydrogen) atoms. The van der Waals surface area contributed by atoms with Gasteiger partial charge in [0.25, 0.3) is 0 Å². The van der Waals surface area contributed by atoms with Gasteiger partial charge in [-0.3, -0.25) is 0 Å². The van der Waals surface area contributed by atoms with E-state index in [1.165, 1.54) is 29.7 Å². The highest BCUT2D eigenvalue weighted by Crippen LogP contribution is 2.23. The fourth-order valence-electron chi connectivity index (χ4n) is 1.56. The van der Waals surface area contributed by atoms with Gasteiger partial charge in [0.05, 0.1) is 11.3 Å². The molecule has 0 saturated heterocycles. The predicted molar refractivity (Wildman–Crippen MR) is 72.2 cm³/mol. The third kappa shape index (κ3) is 5.78. The van der Waals surface area contributed by atoms with Crippen LogP contribution in [-0.4, -0.2) is 27.2 Å². The first-order chi connectivity index (χ1) is 9.14. The largest absolute Gasteiger partial charge is 0.390 e. The van der Waals surface area contributed by atoms with Crippen molar-refractivity contribution in [2.24, 2.45) is 0 Å². The van der Waals surface area contributed by atoms with Crippen molar-refractivity contribution in [1.29, 1.82) is 0 Å². The molecule has 0 aliphatic rings. The third-order valence-electron chi connectivity index (χ3n) is 2.38. The summed E-state index contributed by atoms with van der Waals surface area (Å²) in [4.78, 5) is 0.820. The second-order valence-corrected chi connectivity index (χ2v) is 7.08. The topological polar surface area (TPSA) is 58.2 Å². The molecule has 0 radical (unpaired) electrons. The molecule has 1 atom stereocenters. The molecular weight excluding hydrogens is 313 g/mol. The van der Waals surface area contributed by atoms with Crippen molar-refractivity contribution in [3.8, 4) is 0 Å². The number of rotatable bonds is 7. The Morgan fingerprint density at radius 1 is 1.40 bits per heavy atom. The fourth-order valence-corrected chi connectivity index (χ4v) is 4.05. The first-order valence-corrected chi connectivity index (χ1v) is 8.37. The Morgan fingerprint density at radius 2 is 2.05 bits per heavy atom. The Bertz CT molecular complexity index is 526. The van der Waals surface area contributed by atoms with Crippen LogP contribution in [0.2, 0.25) is 0 Å². The summed E-state index contributed by atoms with van der Waals surface area (Å²) in [6.45, 7) is 4.40. The molecule has 2 N–H and O–H groups in total. The minimum atomic E-state index is -4.40. The van der Waals surface area contributed by atoms with Crippen molar-refractivity contribution in [2.45, 2.75) is 43.9 Å². The monoisotopic (exact) mass is 330 g/mol. The summed E-state index contributed by atoms with van der Waals surface area (Å²) in [6.07, 6.45) is -5.59. The van der Waals surface area contributed by atoms with Gasteiger partial charge < -0.3 is 5.32 Å². The summed E-state index contributed by atoms with van der Waals surface area (Å²) in [5.41, 5.74) is 0. The van der Waals surface area contributed by atoms with Crippen LogP contribution >= 0.6 is 11.3 Å². The molecule has 0 aliphatic carbocycles. The molecule has 0 saturated carbocycles. The molecular formula is C11H17F3N2O2S2. The Hall–Kier alpha value is -0.640. The lowest BCUT2D eigenvalue weighted by Gasteiger charge is -2.15. The van der Waals surface area contributed by atoms with Gasteiger partial charge in [-0.25, -0.2) is 13.1 Å². The van der Waals surface area contributed by atoms with Crippen molar-refractivity contribution in [3.63, 3.8) is 0 Å². The van der Waals surface area contributed by atoms with E-state index in [4.69, 9.17) is 0 Å². The van der Waals surface area contributed by atoms with Crippen LogP contribution in [0, 0.1) is 0 Å². The van der Waals surface area contributed by atoms with Crippen LogP contribution in [-0.2, 0) is 16.6 Å². The highest BCUT2D eigenvalue weighted by molar-refractivity contribution is 7.89. The number of halogens is 3. The van der Waals surface area contributed by atoms with Crippen molar-refractivity contribution in [2.75, 3.05) is 6.54 Å². The second-order valence-electron chi connectivity index (χ2n) is 4.37. The quantitative estimate of drug-likeness (QED) is 0.807. The molecule has 0 bridgehead atoms. The Labute approximate surface area is 120 Å². The van der Waals surface area contributed by atoms with E-state index in [2.05, 4.69) is 5.32 Å². The average molecular weight is 330 g/mol. The maximum atomic E-state index is 12.2. The number of alkyl halides is 3. The number of hydrogen-bond acceptors (Lipinski definition) is 4. The van der Waals surface area contributed by atoms with E-state index in [0.29, 0.717) is 6.54 Å². The molecule has 1 aromatic heterocycles. The summed E-state index contributed by atoms with van der Waals surface area (Å²) in [5.74, 6) is 0. The van der Waals surface area contributed by atoms with E-state index in [9.17, 15) is 21.6 Å². The number of nitrogens with one attached hydrogen (secondary N) is 2. The Balaban J connectivity index is 2.71. The van der Waals surface area contributed by atoms with Crippen LogP contribution in [0.25, 0.3) is 0 Å². The average Bonchev–Trinajstić information content (AvgIpc) is 2.71. The molecule has 0 spiro atoms. The Kier molecular flexibility index (Phi) is 5.99. The van der Waals surface area contributed by atoms with Gasteiger partial charge in [0.15, 0.2) is 0 Å². The van der Waals surface area contributed by atoms with Gasteiger partial charge in [-0.2, -0.15) is 13.2 Å². The SMILES string of the molecule is CCNCc1cc(S(=O)(=O)NC(C)CC(F)(F)F)cs1. The zero-order valence-electron chi connectivity index (χ0n) is 11.1. The van der Waals surface area contributed by atoms with Crippen molar-refractivity contribution >= 4 is 21.4 Å². The normalized spacial score (nSPS) is 14.4. The molecule has 1 heterocycles. The standard InChI is InChI=1S/C11H17F3N2O2S2/c1-3-15-6-9-4-10(7-19-9)20(17,18)16-8(2)5-11(12,13)14/h4,7-8,15-16H,3,5-6H2,1-2H3. The Morgan fingerprint density at radius 3 is 2.60 bits per heavy atom. The second kappa shape index (κ2) is 6.88. The van der Waals surface area contributed by atoms with Crippen LogP contribution in [0.15, 0.2) is 16.3 Å². The van der Waals surface area contributed by atoms with Crippen LogP contribution in [0.3, 0.4) is 0 Å². The summed E-state index contributed by atoms with van der Waals surface area (Å²) >= 11 is 1.25. The summed E-state index contributed by atoms with van der Waals surface area (Å²) in [6, 6.07) is 0.271. The van der Waals surface area contributed by atoms with Crippen LogP contribution in [0.5, 0.6) is 0 Å². The maximum Gasteiger partial charge on any atom is 0.390 e. The van der Waals surface area contributed by atoms with Crippen LogP contribution < -0.4 is 10.0 Å². The zero-order valence-corrected chi connectivity index (χ0v) is 12.8. The summed E-state index contributed by atoms with van der Waals surface area (Å²) in [5, 5.41) is 4.47. The predicted octanol–water partition coefficient (Wildman–Crippen LogP) is 2.48. The number of thiophene rings is 1. The minimum absolute atomic E-state index is 0.00410. The summed E-state index contributed by atoms with van der Waals surface area (Å²) < 4.78 is 62.4. The molecule has 4 nitrogen and oxygen atoms in total. The number of hydrogen-bond donors (Lipinski definition) is 2. The number of sulfonamides is 1. The molecule has 116 valence electrons. The van der Waals surface area contributed by atoms with E-state index in [1.54, 1.807) is 0 Å². The van der Waals surface area contributed by atoms with Crippen molar-refractivity contribution < 1.29 is 21.6 Å². The first kappa shape index (κ1) is 17.4. The lowest BCUT2D eigenvalue weighted by atomic mass is 10.2. The minimum Gasteiger partial charge on any atom is -0.312 e. The molecule has 1 aromatic rings. The van der Waals surface area contributed by atoms with Gasteiger partial charge in [0.2, 0.25) is 10.0 Å². The van der Waals surface area contributed by atoms with Crippen molar-refractivity contribution in [1.82, 2.24) is 10.0 Å². The van der Waals surface area contributed by atoms with E-state index < -0.39 is 28.7 Å². The highest BCUT2D eigenvalue weighted by Gasteiger charge is 2.32. The van der Waals surface area contributed by atoms with Gasteiger partial charge in [-0.15, -0.1) is 11.3 Å². The fraction of sp³-hybridized carbons (Fsp3) is 0.636. The maximum absolute atomic E-state index is 12.2. The van der Waals surface area contributed by atoms with E-state index in [-0.39, 0.29) is 4.90 Å². The van der Waals surface area contributed by atoms with E-state index in [0.717, 1.165) is 11.4 Å².